The minimum absolute atomic E-state index is 0.108. The first-order valence-corrected chi connectivity index (χ1v) is 9.88. The van der Waals surface area contributed by atoms with Gasteiger partial charge in [-0.2, -0.15) is 5.26 Å². The normalized spacial score (nSPS) is 15.6. The van der Waals surface area contributed by atoms with Gasteiger partial charge < -0.3 is 15.0 Å². The maximum Gasteiger partial charge on any atom is 0.260 e. The molecule has 1 amide bonds. The zero-order valence-electron chi connectivity index (χ0n) is 15.5. The minimum Gasteiger partial charge on any atom is -0.481 e. The molecule has 1 heterocycles. The maximum atomic E-state index is 12.5. The van der Waals surface area contributed by atoms with E-state index in [1.807, 2.05) is 24.3 Å². The Bertz CT molecular complexity index is 852. The number of anilines is 1. The van der Waals surface area contributed by atoms with Gasteiger partial charge in [-0.3, -0.25) is 4.79 Å². The van der Waals surface area contributed by atoms with E-state index in [0.717, 1.165) is 31.6 Å². The number of hydrogen-bond donors (Lipinski definition) is 1. The molecule has 0 spiro atoms. The summed E-state index contributed by atoms with van der Waals surface area (Å²) in [4.78, 5) is 14.7. The van der Waals surface area contributed by atoms with Crippen molar-refractivity contribution in [1.29, 1.82) is 5.26 Å². The third-order valence-corrected chi connectivity index (χ3v) is 5.16. The van der Waals surface area contributed by atoms with Gasteiger partial charge in [-0.25, -0.2) is 0 Å². The summed E-state index contributed by atoms with van der Waals surface area (Å²) >= 11 is 11.9. The zero-order chi connectivity index (χ0) is 20.1. The number of rotatable bonds is 5. The largest absolute Gasteiger partial charge is 0.481 e. The van der Waals surface area contributed by atoms with Crippen LogP contribution in [0.3, 0.4) is 0 Å². The second kappa shape index (κ2) is 9.18. The molecule has 0 saturated carbocycles. The lowest BCUT2D eigenvalue weighted by Gasteiger charge is -2.34. The summed E-state index contributed by atoms with van der Waals surface area (Å²) in [5.74, 6) is 0.309. The van der Waals surface area contributed by atoms with E-state index in [1.165, 1.54) is 0 Å². The number of hydrogen-bond acceptors (Lipinski definition) is 4. The molecule has 1 aliphatic heterocycles. The van der Waals surface area contributed by atoms with Gasteiger partial charge in [0.1, 0.15) is 5.75 Å². The summed E-state index contributed by atoms with van der Waals surface area (Å²) in [5.41, 5.74) is 1.75. The summed E-state index contributed by atoms with van der Waals surface area (Å²) in [6.45, 7) is 3.39. The molecule has 146 valence electrons. The van der Waals surface area contributed by atoms with E-state index in [2.05, 4.69) is 16.3 Å². The number of carbonyl (C=O) groups is 1. The summed E-state index contributed by atoms with van der Waals surface area (Å²) in [7, 11) is 0. The molecule has 1 atom stereocenters. The molecule has 2 aromatic rings. The number of nitriles is 1. The SMILES string of the molecule is CC(Oc1cc(Cl)cc(Cl)c1)C(=O)NC1CCN(c2ccc(C#N)cc2)CC1. The third kappa shape index (κ3) is 5.31. The van der Waals surface area contributed by atoms with Gasteiger partial charge in [0.25, 0.3) is 5.91 Å². The molecule has 28 heavy (non-hydrogen) atoms. The molecule has 1 saturated heterocycles. The van der Waals surface area contributed by atoms with E-state index in [1.54, 1.807) is 25.1 Å². The number of benzene rings is 2. The van der Waals surface area contributed by atoms with Crippen molar-refractivity contribution in [3.8, 4) is 11.8 Å². The fourth-order valence-electron chi connectivity index (χ4n) is 3.20. The van der Waals surface area contributed by atoms with Crippen LogP contribution in [-0.4, -0.2) is 31.1 Å². The Morgan fingerprint density at radius 2 is 1.79 bits per heavy atom. The fourth-order valence-corrected chi connectivity index (χ4v) is 3.71. The number of halogens is 2. The van der Waals surface area contributed by atoms with Crippen molar-refractivity contribution in [3.05, 3.63) is 58.1 Å². The number of carbonyl (C=O) groups excluding carboxylic acids is 1. The molecule has 0 aliphatic carbocycles. The first-order chi connectivity index (χ1) is 13.4. The van der Waals surface area contributed by atoms with Crippen LogP contribution in [-0.2, 0) is 4.79 Å². The van der Waals surface area contributed by atoms with Gasteiger partial charge in [0, 0.05) is 34.9 Å². The monoisotopic (exact) mass is 417 g/mol. The van der Waals surface area contributed by atoms with Crippen LogP contribution in [0.2, 0.25) is 10.0 Å². The third-order valence-electron chi connectivity index (χ3n) is 4.72. The Labute approximate surface area is 174 Å². The molecule has 1 N–H and O–H groups in total. The highest BCUT2D eigenvalue weighted by Gasteiger charge is 2.24. The van der Waals surface area contributed by atoms with Crippen LogP contribution < -0.4 is 15.0 Å². The molecular weight excluding hydrogens is 397 g/mol. The van der Waals surface area contributed by atoms with Crippen molar-refractivity contribution in [2.24, 2.45) is 0 Å². The number of amides is 1. The fraction of sp³-hybridized carbons (Fsp3) is 0.333. The first kappa shape index (κ1) is 20.3. The lowest BCUT2D eigenvalue weighted by molar-refractivity contribution is -0.128. The zero-order valence-corrected chi connectivity index (χ0v) is 17.0. The molecule has 7 heteroatoms. The second-order valence-electron chi connectivity index (χ2n) is 6.79. The highest BCUT2D eigenvalue weighted by atomic mass is 35.5. The van der Waals surface area contributed by atoms with Crippen LogP contribution in [0.4, 0.5) is 5.69 Å². The van der Waals surface area contributed by atoms with Crippen LogP contribution in [0.1, 0.15) is 25.3 Å². The van der Waals surface area contributed by atoms with Gasteiger partial charge in [-0.05, 0) is 62.2 Å². The average Bonchev–Trinajstić information content (AvgIpc) is 2.68. The number of nitrogens with one attached hydrogen (secondary N) is 1. The van der Waals surface area contributed by atoms with Gasteiger partial charge >= 0.3 is 0 Å². The van der Waals surface area contributed by atoms with Gasteiger partial charge in [-0.1, -0.05) is 23.2 Å². The second-order valence-corrected chi connectivity index (χ2v) is 7.67. The van der Waals surface area contributed by atoms with E-state index in [4.69, 9.17) is 33.2 Å². The summed E-state index contributed by atoms with van der Waals surface area (Å²) in [5, 5.41) is 12.9. The van der Waals surface area contributed by atoms with Gasteiger partial charge in [0.05, 0.1) is 11.6 Å². The van der Waals surface area contributed by atoms with Crippen molar-refractivity contribution < 1.29 is 9.53 Å². The number of piperidine rings is 1. The van der Waals surface area contributed by atoms with Crippen LogP contribution >= 0.6 is 23.2 Å². The van der Waals surface area contributed by atoms with Gasteiger partial charge in [-0.15, -0.1) is 0 Å². The van der Waals surface area contributed by atoms with Gasteiger partial charge in [0.15, 0.2) is 6.10 Å². The van der Waals surface area contributed by atoms with Crippen LogP contribution in [0.5, 0.6) is 5.75 Å². The highest BCUT2D eigenvalue weighted by molar-refractivity contribution is 6.34. The molecule has 0 radical (unpaired) electrons. The average molecular weight is 418 g/mol. The highest BCUT2D eigenvalue weighted by Crippen LogP contribution is 2.25. The molecular formula is C21H21Cl2N3O2. The van der Waals surface area contributed by atoms with E-state index in [9.17, 15) is 4.79 Å². The van der Waals surface area contributed by atoms with E-state index in [-0.39, 0.29) is 11.9 Å². The Morgan fingerprint density at radius 3 is 2.36 bits per heavy atom. The summed E-state index contributed by atoms with van der Waals surface area (Å²) in [6, 6.07) is 14.7. The number of nitrogens with zero attached hydrogens (tertiary/aromatic N) is 2. The lowest BCUT2D eigenvalue weighted by atomic mass is 10.0. The van der Waals surface area contributed by atoms with Crippen molar-refractivity contribution in [2.45, 2.75) is 31.9 Å². The predicted molar refractivity (Wildman–Crippen MR) is 111 cm³/mol. The van der Waals surface area contributed by atoms with E-state index < -0.39 is 6.10 Å². The van der Waals surface area contributed by atoms with E-state index in [0.29, 0.717) is 21.4 Å². The first-order valence-electron chi connectivity index (χ1n) is 9.13. The Morgan fingerprint density at radius 1 is 1.18 bits per heavy atom. The van der Waals surface area contributed by atoms with Crippen molar-refractivity contribution in [1.82, 2.24) is 5.32 Å². The Kier molecular flexibility index (Phi) is 6.66. The summed E-state index contributed by atoms with van der Waals surface area (Å²) in [6.07, 6.45) is 1.05. The van der Waals surface area contributed by atoms with Crippen LogP contribution in [0.15, 0.2) is 42.5 Å². The molecule has 0 aromatic heterocycles. The molecule has 1 unspecified atom stereocenters. The molecule has 1 fully saturated rings. The minimum atomic E-state index is -0.647. The van der Waals surface area contributed by atoms with Crippen molar-refractivity contribution >= 4 is 34.8 Å². The van der Waals surface area contributed by atoms with Gasteiger partial charge in [0.2, 0.25) is 0 Å². The van der Waals surface area contributed by atoms with E-state index >= 15 is 0 Å². The Hall–Kier alpha value is -2.42. The maximum absolute atomic E-state index is 12.5. The molecule has 3 rings (SSSR count). The van der Waals surface area contributed by atoms with Crippen LogP contribution in [0.25, 0.3) is 0 Å². The summed E-state index contributed by atoms with van der Waals surface area (Å²) < 4.78 is 5.67. The van der Waals surface area contributed by atoms with Crippen LogP contribution in [0, 0.1) is 11.3 Å². The predicted octanol–water partition coefficient (Wildman–Crippen LogP) is 4.42. The van der Waals surface area contributed by atoms with Crippen molar-refractivity contribution in [2.75, 3.05) is 18.0 Å². The topological polar surface area (TPSA) is 65.4 Å². The quantitative estimate of drug-likeness (QED) is 0.781. The molecule has 0 bridgehead atoms. The smallest absolute Gasteiger partial charge is 0.260 e. The number of ether oxygens (including phenoxy) is 1. The van der Waals surface area contributed by atoms with Crippen molar-refractivity contribution in [3.63, 3.8) is 0 Å². The molecule has 5 nitrogen and oxygen atoms in total. The standard InChI is InChI=1S/C21H21Cl2N3O2/c1-14(28-20-11-16(22)10-17(23)12-20)21(27)25-18-6-8-26(9-7-18)19-4-2-15(13-24)3-5-19/h2-5,10-12,14,18H,6-9H2,1H3,(H,25,27). The molecule has 2 aromatic carbocycles. The lowest BCUT2D eigenvalue weighted by Crippen LogP contribution is -2.48. The molecule has 1 aliphatic rings. The Balaban J connectivity index is 1.49.